The molecule has 0 fully saturated rings. The predicted octanol–water partition coefficient (Wildman–Crippen LogP) is -0.757. The van der Waals surface area contributed by atoms with Crippen LogP contribution < -0.4 is 16.4 Å². The average molecular weight is 277 g/mol. The first-order chi connectivity index (χ1) is 9.35. The first-order valence-corrected chi connectivity index (χ1v) is 5.35. The maximum Gasteiger partial charge on any atom is 0.289 e. The summed E-state index contributed by atoms with van der Waals surface area (Å²) in [6, 6.07) is 5.37. The second kappa shape index (κ2) is 6.14. The maximum atomic E-state index is 10.9. The van der Waals surface area contributed by atoms with Crippen molar-refractivity contribution in [1.29, 1.82) is 5.26 Å². The van der Waals surface area contributed by atoms with E-state index >= 15 is 0 Å². The van der Waals surface area contributed by atoms with Crippen molar-refractivity contribution in [2.24, 2.45) is 11.5 Å². The van der Waals surface area contributed by atoms with Gasteiger partial charge in [-0.25, -0.2) is 0 Å². The third-order valence-corrected chi connectivity index (χ3v) is 2.36. The minimum atomic E-state index is -0.727. The van der Waals surface area contributed by atoms with E-state index in [9.17, 15) is 19.7 Å². The molecule has 0 radical (unpaired) electrons. The highest BCUT2D eigenvalue weighted by Gasteiger charge is 2.19. The van der Waals surface area contributed by atoms with Gasteiger partial charge in [-0.3, -0.25) is 19.7 Å². The highest BCUT2D eigenvalue weighted by molar-refractivity contribution is 5.85. The molecule has 20 heavy (non-hydrogen) atoms. The van der Waals surface area contributed by atoms with Crippen LogP contribution in [0.2, 0.25) is 0 Å². The summed E-state index contributed by atoms with van der Waals surface area (Å²) in [4.78, 5) is 33.2. The van der Waals surface area contributed by atoms with Gasteiger partial charge in [0.1, 0.15) is 11.6 Å². The van der Waals surface area contributed by atoms with Gasteiger partial charge in [-0.05, 0) is 12.1 Å². The van der Waals surface area contributed by atoms with Crippen molar-refractivity contribution in [3.63, 3.8) is 0 Å². The third kappa shape index (κ3) is 3.67. The van der Waals surface area contributed by atoms with Gasteiger partial charge in [-0.2, -0.15) is 5.26 Å². The quantitative estimate of drug-likeness (QED) is 0.514. The molecule has 9 heteroatoms. The summed E-state index contributed by atoms with van der Waals surface area (Å²) in [6.07, 6.45) is 0. The van der Waals surface area contributed by atoms with Crippen LogP contribution in [-0.4, -0.2) is 29.8 Å². The Kier molecular flexibility index (Phi) is 4.58. The second-order valence-corrected chi connectivity index (χ2v) is 3.86. The summed E-state index contributed by atoms with van der Waals surface area (Å²) in [6.45, 7) is -0.655. The lowest BCUT2D eigenvalue weighted by Crippen LogP contribution is -2.39. The zero-order valence-electron chi connectivity index (χ0n) is 10.3. The SMILES string of the molecule is N#Cc1ccc(N(CC(N)=O)CC(N)=O)cc1[N+](=O)[O-]. The van der Waals surface area contributed by atoms with Gasteiger partial charge >= 0.3 is 0 Å². The number of nitro groups is 1. The van der Waals surface area contributed by atoms with Gasteiger partial charge in [0, 0.05) is 11.8 Å². The Hall–Kier alpha value is -3.15. The Balaban J connectivity index is 3.23. The first kappa shape index (κ1) is 14.9. The summed E-state index contributed by atoms with van der Waals surface area (Å²) < 4.78 is 0. The van der Waals surface area contributed by atoms with Crippen LogP contribution in [0.15, 0.2) is 18.2 Å². The van der Waals surface area contributed by atoms with E-state index in [1.807, 2.05) is 0 Å². The third-order valence-electron chi connectivity index (χ3n) is 2.36. The number of carbonyl (C=O) groups excluding carboxylic acids is 2. The van der Waals surface area contributed by atoms with E-state index < -0.39 is 22.4 Å². The minimum Gasteiger partial charge on any atom is -0.368 e. The zero-order chi connectivity index (χ0) is 15.3. The maximum absolute atomic E-state index is 10.9. The van der Waals surface area contributed by atoms with Gasteiger partial charge in [0.2, 0.25) is 11.8 Å². The van der Waals surface area contributed by atoms with Crippen LogP contribution in [0.1, 0.15) is 5.56 Å². The molecule has 0 bridgehead atoms. The summed E-state index contributed by atoms with van der Waals surface area (Å²) in [5.74, 6) is -1.45. The van der Waals surface area contributed by atoms with Crippen LogP contribution in [0.25, 0.3) is 0 Å². The molecule has 1 aromatic rings. The topological polar surface area (TPSA) is 156 Å². The number of benzene rings is 1. The Labute approximate surface area is 113 Å². The monoisotopic (exact) mass is 277 g/mol. The Morgan fingerprint density at radius 3 is 2.25 bits per heavy atom. The molecular weight excluding hydrogens is 266 g/mol. The van der Waals surface area contributed by atoms with Crippen molar-refractivity contribution in [3.05, 3.63) is 33.9 Å². The van der Waals surface area contributed by atoms with Crippen molar-refractivity contribution >= 4 is 23.2 Å². The number of nitriles is 1. The molecule has 0 spiro atoms. The standard InChI is InChI=1S/C11H11N5O4/c12-4-7-1-2-8(3-9(7)16(19)20)15(5-10(13)17)6-11(14)18/h1-3H,5-6H2,(H2,13,17)(H2,14,18). The fraction of sp³-hybridized carbons (Fsp3) is 0.182. The normalized spacial score (nSPS) is 9.55. The highest BCUT2D eigenvalue weighted by Crippen LogP contribution is 2.25. The molecule has 0 saturated heterocycles. The molecule has 1 rings (SSSR count). The number of anilines is 1. The van der Waals surface area contributed by atoms with Crippen molar-refractivity contribution in [1.82, 2.24) is 0 Å². The van der Waals surface area contributed by atoms with Crippen molar-refractivity contribution < 1.29 is 14.5 Å². The van der Waals surface area contributed by atoms with E-state index in [0.717, 1.165) is 6.07 Å². The molecule has 0 aliphatic heterocycles. The van der Waals surface area contributed by atoms with Crippen molar-refractivity contribution in [2.75, 3.05) is 18.0 Å². The number of nitro benzene ring substituents is 1. The van der Waals surface area contributed by atoms with Crippen LogP contribution >= 0.6 is 0 Å². The van der Waals surface area contributed by atoms with Crippen LogP contribution in [0.3, 0.4) is 0 Å². The molecule has 0 atom stereocenters. The van der Waals surface area contributed by atoms with Gasteiger partial charge in [0.25, 0.3) is 5.69 Å². The number of nitrogens with zero attached hydrogens (tertiary/aromatic N) is 3. The van der Waals surface area contributed by atoms with E-state index in [2.05, 4.69) is 0 Å². The van der Waals surface area contributed by atoms with Crippen LogP contribution in [0, 0.1) is 21.4 Å². The number of carbonyl (C=O) groups is 2. The number of rotatable bonds is 6. The van der Waals surface area contributed by atoms with E-state index in [1.165, 1.54) is 17.0 Å². The summed E-state index contributed by atoms with van der Waals surface area (Å²) in [5, 5.41) is 19.6. The van der Waals surface area contributed by atoms with Crippen LogP contribution in [-0.2, 0) is 9.59 Å². The van der Waals surface area contributed by atoms with E-state index in [0.29, 0.717) is 0 Å². The summed E-state index contributed by atoms with van der Waals surface area (Å²) in [5.41, 5.74) is 9.73. The number of amides is 2. The summed E-state index contributed by atoms with van der Waals surface area (Å²) in [7, 11) is 0. The van der Waals surface area contributed by atoms with Gasteiger partial charge in [-0.1, -0.05) is 0 Å². The molecule has 2 amide bonds. The van der Waals surface area contributed by atoms with Gasteiger partial charge in [0.15, 0.2) is 0 Å². The van der Waals surface area contributed by atoms with Crippen LogP contribution in [0.4, 0.5) is 11.4 Å². The Bertz CT molecular complexity index is 591. The minimum absolute atomic E-state index is 0.128. The fourth-order valence-electron chi connectivity index (χ4n) is 1.58. The lowest BCUT2D eigenvalue weighted by atomic mass is 10.1. The van der Waals surface area contributed by atoms with E-state index in [4.69, 9.17) is 16.7 Å². The molecule has 1 aromatic carbocycles. The number of hydrogen-bond donors (Lipinski definition) is 2. The lowest BCUT2D eigenvalue weighted by molar-refractivity contribution is -0.385. The number of nitrogens with two attached hydrogens (primary N) is 2. The van der Waals surface area contributed by atoms with Crippen molar-refractivity contribution in [2.45, 2.75) is 0 Å². The number of hydrogen-bond acceptors (Lipinski definition) is 6. The molecule has 0 heterocycles. The highest BCUT2D eigenvalue weighted by atomic mass is 16.6. The molecule has 9 nitrogen and oxygen atoms in total. The molecule has 0 aromatic heterocycles. The number of primary amides is 2. The smallest absolute Gasteiger partial charge is 0.289 e. The van der Waals surface area contributed by atoms with Gasteiger partial charge in [-0.15, -0.1) is 0 Å². The molecular formula is C11H11N5O4. The van der Waals surface area contributed by atoms with Crippen LogP contribution in [0.5, 0.6) is 0 Å². The van der Waals surface area contributed by atoms with Gasteiger partial charge < -0.3 is 16.4 Å². The molecule has 0 aliphatic carbocycles. The van der Waals surface area contributed by atoms with E-state index in [-0.39, 0.29) is 24.3 Å². The van der Waals surface area contributed by atoms with Gasteiger partial charge in [0.05, 0.1) is 18.0 Å². The molecule has 0 saturated carbocycles. The molecule has 0 unspecified atom stereocenters. The predicted molar refractivity (Wildman–Crippen MR) is 68.4 cm³/mol. The largest absolute Gasteiger partial charge is 0.368 e. The Morgan fingerprint density at radius 2 is 1.85 bits per heavy atom. The Morgan fingerprint density at radius 1 is 1.30 bits per heavy atom. The second-order valence-electron chi connectivity index (χ2n) is 3.86. The molecule has 4 N–H and O–H groups in total. The average Bonchev–Trinajstić information content (AvgIpc) is 2.36. The first-order valence-electron chi connectivity index (χ1n) is 5.35. The molecule has 104 valence electrons. The van der Waals surface area contributed by atoms with Crippen molar-refractivity contribution in [3.8, 4) is 6.07 Å². The molecule has 0 aliphatic rings. The van der Waals surface area contributed by atoms with E-state index in [1.54, 1.807) is 6.07 Å². The zero-order valence-corrected chi connectivity index (χ0v) is 10.3. The lowest BCUT2D eigenvalue weighted by Gasteiger charge is -2.21. The summed E-state index contributed by atoms with van der Waals surface area (Å²) >= 11 is 0. The fourth-order valence-corrected chi connectivity index (χ4v) is 1.58.